The van der Waals surface area contributed by atoms with E-state index in [0.717, 1.165) is 37.7 Å². The third-order valence-corrected chi connectivity index (χ3v) is 6.42. The van der Waals surface area contributed by atoms with E-state index in [2.05, 4.69) is 45.5 Å². The highest BCUT2D eigenvalue weighted by molar-refractivity contribution is 6.34. The van der Waals surface area contributed by atoms with Gasteiger partial charge in [0.2, 0.25) is 11.8 Å². The lowest BCUT2D eigenvalue weighted by Crippen LogP contribution is -2.29. The number of rotatable bonds is 6. The maximum absolute atomic E-state index is 14.1. The molecular weight excluding hydrogens is 476 g/mol. The van der Waals surface area contributed by atoms with Gasteiger partial charge in [-0.15, -0.1) is 0 Å². The molecule has 1 aliphatic heterocycles. The van der Waals surface area contributed by atoms with E-state index in [1.54, 1.807) is 0 Å². The summed E-state index contributed by atoms with van der Waals surface area (Å²) in [4.78, 5) is 23.5. The molecule has 0 radical (unpaired) electrons. The number of aryl methyl sites for hydroxylation is 1. The Kier molecular flexibility index (Phi) is 7.47. The highest BCUT2D eigenvalue weighted by atomic mass is 35.5. The first-order chi connectivity index (χ1) is 16.7. The van der Waals surface area contributed by atoms with Gasteiger partial charge in [-0.2, -0.15) is 4.98 Å². The number of anilines is 3. The van der Waals surface area contributed by atoms with Crippen molar-refractivity contribution in [2.45, 2.75) is 25.7 Å². The molecule has 0 aliphatic carbocycles. The first-order valence-corrected chi connectivity index (χ1v) is 11.6. The summed E-state index contributed by atoms with van der Waals surface area (Å²) in [5.74, 6) is -1.83. The van der Waals surface area contributed by atoms with Crippen LogP contribution in [0.4, 0.5) is 26.1 Å². The highest BCUT2D eigenvalue weighted by Crippen LogP contribution is 2.32. The molecule has 2 N–H and O–H groups in total. The molecule has 0 saturated carbocycles. The van der Waals surface area contributed by atoms with Gasteiger partial charge in [0.25, 0.3) is 5.91 Å². The van der Waals surface area contributed by atoms with Crippen molar-refractivity contribution in [3.8, 4) is 5.88 Å². The fourth-order valence-electron chi connectivity index (χ4n) is 4.24. The first kappa shape index (κ1) is 24.8. The van der Waals surface area contributed by atoms with Gasteiger partial charge in [0.1, 0.15) is 11.4 Å². The maximum Gasteiger partial charge on any atom is 0.262 e. The SMILES string of the molecule is COc1nc(Nc2ccc(C3CCN(C)CC3)c(C)c2)ncc1C(=O)Nc1c(F)cc(F)cc1Cl. The molecule has 2 aromatic carbocycles. The Morgan fingerprint density at radius 1 is 1.20 bits per heavy atom. The number of methoxy groups -OCH3 is 1. The lowest BCUT2D eigenvalue weighted by Gasteiger charge is -2.30. The molecule has 1 fully saturated rings. The molecule has 1 amide bonds. The zero-order valence-electron chi connectivity index (χ0n) is 19.7. The average molecular weight is 502 g/mol. The molecule has 0 spiro atoms. The van der Waals surface area contributed by atoms with E-state index in [1.165, 1.54) is 24.4 Å². The van der Waals surface area contributed by atoms with Gasteiger partial charge in [-0.25, -0.2) is 13.8 Å². The number of aromatic nitrogens is 2. The zero-order chi connectivity index (χ0) is 25.1. The smallest absolute Gasteiger partial charge is 0.262 e. The van der Waals surface area contributed by atoms with Crippen molar-refractivity contribution in [1.82, 2.24) is 14.9 Å². The highest BCUT2D eigenvalue weighted by Gasteiger charge is 2.21. The van der Waals surface area contributed by atoms with Gasteiger partial charge in [0, 0.05) is 18.0 Å². The van der Waals surface area contributed by atoms with Crippen LogP contribution >= 0.6 is 11.6 Å². The van der Waals surface area contributed by atoms with E-state index in [-0.39, 0.29) is 28.1 Å². The molecule has 184 valence electrons. The van der Waals surface area contributed by atoms with Crippen LogP contribution in [0.5, 0.6) is 5.88 Å². The molecular formula is C25H26ClF2N5O2. The van der Waals surface area contributed by atoms with E-state index in [9.17, 15) is 13.6 Å². The number of benzene rings is 2. The van der Waals surface area contributed by atoms with Gasteiger partial charge in [0.15, 0.2) is 5.82 Å². The van der Waals surface area contributed by atoms with Gasteiger partial charge < -0.3 is 20.3 Å². The second-order valence-corrected chi connectivity index (χ2v) is 9.00. The molecule has 1 aromatic heterocycles. The van der Waals surface area contributed by atoms with Crippen molar-refractivity contribution in [1.29, 1.82) is 0 Å². The third kappa shape index (κ3) is 5.68. The third-order valence-electron chi connectivity index (χ3n) is 6.12. The van der Waals surface area contributed by atoms with E-state index in [4.69, 9.17) is 16.3 Å². The average Bonchev–Trinajstić information content (AvgIpc) is 2.82. The Morgan fingerprint density at radius 2 is 1.94 bits per heavy atom. The summed E-state index contributed by atoms with van der Waals surface area (Å²) in [6.45, 7) is 4.28. The van der Waals surface area contributed by atoms with E-state index in [1.807, 2.05) is 12.1 Å². The van der Waals surface area contributed by atoms with Crippen molar-refractivity contribution < 1.29 is 18.3 Å². The molecule has 1 saturated heterocycles. The number of nitrogens with one attached hydrogen (secondary N) is 2. The number of amides is 1. The van der Waals surface area contributed by atoms with Crippen molar-refractivity contribution >= 4 is 34.8 Å². The van der Waals surface area contributed by atoms with Crippen molar-refractivity contribution in [2.24, 2.45) is 0 Å². The summed E-state index contributed by atoms with van der Waals surface area (Å²) < 4.78 is 32.6. The molecule has 4 rings (SSSR count). The number of nitrogens with zero attached hydrogens (tertiary/aromatic N) is 3. The number of hydrogen-bond donors (Lipinski definition) is 2. The largest absolute Gasteiger partial charge is 0.480 e. The number of piperidine rings is 1. The van der Waals surface area contributed by atoms with Gasteiger partial charge in [0.05, 0.1) is 17.8 Å². The van der Waals surface area contributed by atoms with Crippen LogP contribution in [0.15, 0.2) is 36.5 Å². The Hall–Kier alpha value is -3.30. The Morgan fingerprint density at radius 3 is 2.60 bits per heavy atom. The molecule has 3 aromatic rings. The molecule has 10 heteroatoms. The number of hydrogen-bond acceptors (Lipinski definition) is 6. The summed E-state index contributed by atoms with van der Waals surface area (Å²) >= 11 is 5.87. The van der Waals surface area contributed by atoms with Crippen LogP contribution in [0.1, 0.15) is 40.2 Å². The molecule has 0 unspecified atom stereocenters. The van der Waals surface area contributed by atoms with E-state index in [0.29, 0.717) is 12.0 Å². The van der Waals surface area contributed by atoms with Crippen molar-refractivity contribution in [3.05, 3.63) is 69.9 Å². The topological polar surface area (TPSA) is 79.4 Å². The summed E-state index contributed by atoms with van der Waals surface area (Å²) in [5.41, 5.74) is 2.96. The van der Waals surface area contributed by atoms with Crippen LogP contribution in [0, 0.1) is 18.6 Å². The Balaban J connectivity index is 1.50. The van der Waals surface area contributed by atoms with Crippen LogP contribution in [0.3, 0.4) is 0 Å². The second-order valence-electron chi connectivity index (χ2n) is 8.59. The van der Waals surface area contributed by atoms with Crippen LogP contribution in [0.2, 0.25) is 5.02 Å². The van der Waals surface area contributed by atoms with Crippen LogP contribution < -0.4 is 15.4 Å². The van der Waals surface area contributed by atoms with Gasteiger partial charge >= 0.3 is 0 Å². The number of likely N-dealkylation sites (tertiary alicyclic amines) is 1. The summed E-state index contributed by atoms with van der Waals surface area (Å²) in [6.07, 6.45) is 3.54. The lowest BCUT2D eigenvalue weighted by atomic mass is 9.87. The summed E-state index contributed by atoms with van der Waals surface area (Å²) in [6, 6.07) is 7.69. The van der Waals surface area contributed by atoms with Gasteiger partial charge in [-0.1, -0.05) is 17.7 Å². The van der Waals surface area contributed by atoms with Gasteiger partial charge in [-0.05, 0) is 75.1 Å². The quantitative estimate of drug-likeness (QED) is 0.462. The van der Waals surface area contributed by atoms with Crippen LogP contribution in [0.25, 0.3) is 0 Å². The fourth-order valence-corrected chi connectivity index (χ4v) is 4.48. The molecule has 2 heterocycles. The number of ether oxygens (including phenoxy) is 1. The minimum atomic E-state index is -0.999. The zero-order valence-corrected chi connectivity index (χ0v) is 20.4. The maximum atomic E-state index is 14.1. The van der Waals surface area contributed by atoms with Crippen molar-refractivity contribution in [3.63, 3.8) is 0 Å². The molecule has 1 aliphatic rings. The molecule has 0 atom stereocenters. The first-order valence-electron chi connectivity index (χ1n) is 11.2. The number of carbonyl (C=O) groups is 1. The number of halogens is 3. The molecule has 35 heavy (non-hydrogen) atoms. The van der Waals surface area contributed by atoms with Crippen LogP contribution in [-0.2, 0) is 0 Å². The lowest BCUT2D eigenvalue weighted by molar-refractivity contribution is 0.102. The Labute approximate surface area is 207 Å². The standard InChI is InChI=1S/C25H26ClF2N5O2/c1-14-10-17(4-5-18(14)15-6-8-33(2)9-7-15)30-25-29-13-19(24(32-25)35-3)23(34)31-22-20(26)11-16(27)12-21(22)28/h4-5,10-13,15H,6-9H2,1-3H3,(H,31,34)(H,29,30,32). The normalized spacial score (nSPS) is 14.6. The predicted octanol–water partition coefficient (Wildman–Crippen LogP) is 5.53. The molecule has 7 nitrogen and oxygen atoms in total. The predicted molar refractivity (Wildman–Crippen MR) is 132 cm³/mol. The van der Waals surface area contributed by atoms with Crippen LogP contribution in [-0.4, -0.2) is 48.0 Å². The van der Waals surface area contributed by atoms with E-state index >= 15 is 0 Å². The second kappa shape index (κ2) is 10.5. The van der Waals surface area contributed by atoms with Crippen molar-refractivity contribution in [2.75, 3.05) is 37.9 Å². The van der Waals surface area contributed by atoms with Gasteiger partial charge in [-0.3, -0.25) is 4.79 Å². The monoisotopic (exact) mass is 501 g/mol. The van der Waals surface area contributed by atoms with E-state index < -0.39 is 17.5 Å². The summed E-state index contributed by atoms with van der Waals surface area (Å²) in [5, 5.41) is 5.18. The fraction of sp³-hybridized carbons (Fsp3) is 0.320. The molecule has 0 bridgehead atoms. The minimum absolute atomic E-state index is 0.0155. The Bertz CT molecular complexity index is 1230. The number of carbonyl (C=O) groups excluding carboxylic acids is 1. The minimum Gasteiger partial charge on any atom is -0.480 e. The summed E-state index contributed by atoms with van der Waals surface area (Å²) in [7, 11) is 3.50.